The van der Waals surface area contributed by atoms with Crippen LogP contribution in [-0.2, 0) is 5.33 Å². The molecule has 0 heterocycles. The van der Waals surface area contributed by atoms with Crippen LogP contribution in [-0.4, -0.2) is 11.7 Å². The second-order valence-corrected chi connectivity index (χ2v) is 4.15. The van der Waals surface area contributed by atoms with Gasteiger partial charge in [-0.3, -0.25) is 4.79 Å². The molecule has 0 atom stereocenters. The second kappa shape index (κ2) is 5.74. The lowest BCUT2D eigenvalue weighted by Gasteiger charge is -2.03. The van der Waals surface area contributed by atoms with Gasteiger partial charge in [0, 0.05) is 28.2 Å². The van der Waals surface area contributed by atoms with Crippen LogP contribution in [0.25, 0.3) is 0 Å². The van der Waals surface area contributed by atoms with Crippen LogP contribution in [0.3, 0.4) is 0 Å². The van der Waals surface area contributed by atoms with Gasteiger partial charge in [0.2, 0.25) is 0 Å². The molecule has 0 spiro atoms. The first-order valence-corrected chi connectivity index (χ1v) is 6.16. The van der Waals surface area contributed by atoms with Gasteiger partial charge >= 0.3 is 0 Å². The first-order chi connectivity index (χ1) is 6.69. The lowest BCUT2D eigenvalue weighted by molar-refractivity contribution is 0.0989. The summed E-state index contributed by atoms with van der Waals surface area (Å²) in [6, 6.07) is 5.31. The van der Waals surface area contributed by atoms with Crippen molar-refractivity contribution < 1.29 is 4.79 Å². The summed E-state index contributed by atoms with van der Waals surface area (Å²) in [5, 5.41) is 1.30. The number of halogens is 3. The van der Waals surface area contributed by atoms with Crippen molar-refractivity contribution in [1.29, 1.82) is 0 Å². The maximum atomic E-state index is 11.4. The smallest absolute Gasteiger partial charge is 0.164 e. The van der Waals surface area contributed by atoms with Crippen molar-refractivity contribution in [2.24, 2.45) is 0 Å². The minimum absolute atomic E-state index is 0.0306. The molecule has 0 N–H and O–H groups in total. The van der Waals surface area contributed by atoms with Crippen LogP contribution in [0.1, 0.15) is 22.3 Å². The molecule has 0 radical (unpaired) electrons. The number of carbonyl (C=O) groups is 1. The normalized spacial score (nSPS) is 10.2. The number of carbonyl (C=O) groups excluding carboxylic acids is 1. The molecule has 1 rings (SSSR count). The zero-order valence-electron chi connectivity index (χ0n) is 7.40. The van der Waals surface area contributed by atoms with Gasteiger partial charge in [-0.1, -0.05) is 39.7 Å². The standard InChI is InChI=1S/C10H9BrCl2O/c11-6-8-2-1-7(5-9(8)13)10(14)3-4-12/h1-2,5H,3-4,6H2. The quantitative estimate of drug-likeness (QED) is 0.605. The van der Waals surface area contributed by atoms with E-state index in [2.05, 4.69) is 15.9 Å². The van der Waals surface area contributed by atoms with Gasteiger partial charge in [-0.05, 0) is 11.6 Å². The Hall–Kier alpha value is -0.0500. The molecular formula is C10H9BrCl2O. The number of rotatable bonds is 4. The van der Waals surface area contributed by atoms with Gasteiger partial charge in [0.25, 0.3) is 0 Å². The molecule has 4 heteroatoms. The highest BCUT2D eigenvalue weighted by atomic mass is 79.9. The maximum Gasteiger partial charge on any atom is 0.164 e. The molecule has 0 aromatic heterocycles. The highest BCUT2D eigenvalue weighted by molar-refractivity contribution is 9.08. The summed E-state index contributed by atoms with van der Waals surface area (Å²) < 4.78 is 0. The number of alkyl halides is 2. The summed E-state index contributed by atoms with van der Waals surface area (Å²) in [6.07, 6.45) is 0.353. The van der Waals surface area contributed by atoms with Crippen molar-refractivity contribution in [2.75, 3.05) is 5.88 Å². The van der Waals surface area contributed by atoms with Crippen molar-refractivity contribution in [2.45, 2.75) is 11.8 Å². The van der Waals surface area contributed by atoms with Crippen LogP contribution in [0.4, 0.5) is 0 Å². The summed E-state index contributed by atoms with van der Waals surface area (Å²) in [5.41, 5.74) is 1.61. The van der Waals surface area contributed by atoms with Crippen LogP contribution in [0.2, 0.25) is 5.02 Å². The molecule has 1 aromatic carbocycles. The number of hydrogen-bond acceptors (Lipinski definition) is 1. The summed E-state index contributed by atoms with van der Waals surface area (Å²) >= 11 is 14.8. The zero-order valence-corrected chi connectivity index (χ0v) is 10.5. The van der Waals surface area contributed by atoms with E-state index in [4.69, 9.17) is 23.2 Å². The topological polar surface area (TPSA) is 17.1 Å². The fourth-order valence-corrected chi connectivity index (χ4v) is 2.13. The van der Waals surface area contributed by atoms with E-state index in [1.807, 2.05) is 6.07 Å². The minimum atomic E-state index is 0.0306. The number of ketones is 1. The molecule has 0 fully saturated rings. The van der Waals surface area contributed by atoms with E-state index in [0.29, 0.717) is 28.2 Å². The Morgan fingerprint density at radius 1 is 1.43 bits per heavy atom. The van der Waals surface area contributed by atoms with Crippen molar-refractivity contribution in [3.8, 4) is 0 Å². The first kappa shape index (κ1) is 12.0. The number of benzene rings is 1. The highest BCUT2D eigenvalue weighted by Crippen LogP contribution is 2.21. The third-order valence-electron chi connectivity index (χ3n) is 1.84. The van der Waals surface area contributed by atoms with Crippen LogP contribution in [0, 0.1) is 0 Å². The van der Waals surface area contributed by atoms with E-state index in [1.54, 1.807) is 12.1 Å². The molecule has 0 unspecified atom stereocenters. The van der Waals surface area contributed by atoms with Gasteiger partial charge in [-0.2, -0.15) is 0 Å². The van der Waals surface area contributed by atoms with Crippen molar-refractivity contribution in [1.82, 2.24) is 0 Å². The van der Waals surface area contributed by atoms with E-state index in [0.717, 1.165) is 5.56 Å². The van der Waals surface area contributed by atoms with Gasteiger partial charge in [-0.15, -0.1) is 11.6 Å². The van der Waals surface area contributed by atoms with Crippen molar-refractivity contribution in [3.63, 3.8) is 0 Å². The Morgan fingerprint density at radius 2 is 2.14 bits per heavy atom. The monoisotopic (exact) mass is 294 g/mol. The van der Waals surface area contributed by atoms with E-state index in [9.17, 15) is 4.79 Å². The number of hydrogen-bond donors (Lipinski definition) is 0. The average molecular weight is 296 g/mol. The van der Waals surface area contributed by atoms with Crippen LogP contribution in [0.5, 0.6) is 0 Å². The van der Waals surface area contributed by atoms with E-state index in [-0.39, 0.29) is 5.78 Å². The second-order valence-electron chi connectivity index (χ2n) is 2.80. The van der Waals surface area contributed by atoms with Crippen LogP contribution in [0.15, 0.2) is 18.2 Å². The number of Topliss-reactive ketones (excluding diaryl/α,β-unsaturated/α-hetero) is 1. The Labute approximate surface area is 102 Å². The minimum Gasteiger partial charge on any atom is -0.294 e. The fraction of sp³-hybridized carbons (Fsp3) is 0.300. The Balaban J connectivity index is 2.91. The molecule has 0 aliphatic rings. The summed E-state index contributed by atoms with van der Waals surface area (Å²) in [4.78, 5) is 11.4. The molecule has 1 aromatic rings. The molecule has 14 heavy (non-hydrogen) atoms. The summed E-state index contributed by atoms with van der Waals surface area (Å²) in [5.74, 6) is 0.374. The van der Waals surface area contributed by atoms with E-state index < -0.39 is 0 Å². The Morgan fingerprint density at radius 3 is 2.64 bits per heavy atom. The van der Waals surface area contributed by atoms with E-state index >= 15 is 0 Å². The van der Waals surface area contributed by atoms with Gasteiger partial charge in [0.1, 0.15) is 0 Å². The van der Waals surface area contributed by atoms with Crippen molar-refractivity contribution in [3.05, 3.63) is 34.3 Å². The largest absolute Gasteiger partial charge is 0.294 e. The Kier molecular flexibility index (Phi) is 4.93. The fourth-order valence-electron chi connectivity index (χ4n) is 1.06. The predicted octanol–water partition coefficient (Wildman–Crippen LogP) is 4.05. The first-order valence-electron chi connectivity index (χ1n) is 4.12. The lowest BCUT2D eigenvalue weighted by atomic mass is 10.1. The summed E-state index contributed by atoms with van der Waals surface area (Å²) in [7, 11) is 0. The van der Waals surface area contributed by atoms with Gasteiger partial charge in [-0.25, -0.2) is 0 Å². The van der Waals surface area contributed by atoms with Crippen molar-refractivity contribution >= 4 is 44.9 Å². The molecule has 1 nitrogen and oxygen atoms in total. The van der Waals surface area contributed by atoms with Gasteiger partial charge in [0.15, 0.2) is 5.78 Å². The van der Waals surface area contributed by atoms with Crippen LogP contribution < -0.4 is 0 Å². The lowest BCUT2D eigenvalue weighted by Crippen LogP contribution is -1.99. The zero-order chi connectivity index (χ0) is 10.6. The molecule has 0 aliphatic carbocycles. The average Bonchev–Trinajstić information content (AvgIpc) is 2.18. The van der Waals surface area contributed by atoms with Gasteiger partial charge < -0.3 is 0 Å². The van der Waals surface area contributed by atoms with E-state index in [1.165, 1.54) is 0 Å². The molecule has 0 bridgehead atoms. The SMILES string of the molecule is O=C(CCCl)c1ccc(CBr)c(Cl)c1. The molecule has 0 saturated carbocycles. The third kappa shape index (κ3) is 2.97. The van der Waals surface area contributed by atoms with Gasteiger partial charge in [0.05, 0.1) is 0 Å². The Bertz CT molecular complexity index is 339. The molecular weight excluding hydrogens is 287 g/mol. The molecule has 0 amide bonds. The molecule has 76 valence electrons. The summed E-state index contributed by atoms with van der Waals surface area (Å²) in [6.45, 7) is 0. The maximum absolute atomic E-state index is 11.4. The highest BCUT2D eigenvalue weighted by Gasteiger charge is 2.07. The predicted molar refractivity (Wildman–Crippen MR) is 63.8 cm³/mol. The van der Waals surface area contributed by atoms with Crippen LogP contribution >= 0.6 is 39.1 Å². The molecule has 0 saturated heterocycles. The molecule has 0 aliphatic heterocycles. The third-order valence-corrected chi connectivity index (χ3v) is 2.99.